The van der Waals surface area contributed by atoms with Gasteiger partial charge in [-0.15, -0.1) is 0 Å². The zero-order valence-corrected chi connectivity index (χ0v) is 11.6. The first-order valence-electron chi connectivity index (χ1n) is 5.88. The standard InChI is InChI=1S/C13H14F4N2O2/c1-12(2,3)21-11(20)19-18-7-8-4-5-9(6-10(8)14)13(15,16)17/h4-7H,1-3H3,(H,19,20). The van der Waals surface area contributed by atoms with Gasteiger partial charge in [0.05, 0.1) is 11.8 Å². The van der Waals surface area contributed by atoms with Crippen molar-refractivity contribution in [3.05, 3.63) is 35.1 Å². The minimum absolute atomic E-state index is 0.195. The van der Waals surface area contributed by atoms with Gasteiger partial charge in [0.1, 0.15) is 11.4 Å². The van der Waals surface area contributed by atoms with E-state index in [1.807, 2.05) is 5.43 Å². The number of carbonyl (C=O) groups is 1. The lowest BCUT2D eigenvalue weighted by atomic mass is 10.1. The molecule has 0 unspecified atom stereocenters. The van der Waals surface area contributed by atoms with Crippen LogP contribution in [0.4, 0.5) is 22.4 Å². The molecule has 0 bridgehead atoms. The van der Waals surface area contributed by atoms with Crippen molar-refractivity contribution in [3.8, 4) is 0 Å². The Morgan fingerprint density at radius 2 is 1.90 bits per heavy atom. The second-order valence-corrected chi connectivity index (χ2v) is 5.11. The molecule has 0 heterocycles. The van der Waals surface area contributed by atoms with E-state index in [2.05, 4.69) is 5.10 Å². The molecule has 116 valence electrons. The van der Waals surface area contributed by atoms with Gasteiger partial charge in [0.25, 0.3) is 0 Å². The van der Waals surface area contributed by atoms with Crippen molar-refractivity contribution in [3.63, 3.8) is 0 Å². The van der Waals surface area contributed by atoms with E-state index < -0.39 is 29.3 Å². The number of rotatable bonds is 2. The summed E-state index contributed by atoms with van der Waals surface area (Å²) in [6, 6.07) is 1.99. The molecular weight excluding hydrogens is 292 g/mol. The number of halogens is 4. The minimum atomic E-state index is -4.62. The molecule has 21 heavy (non-hydrogen) atoms. The predicted octanol–water partition coefficient (Wildman–Crippen LogP) is 3.70. The van der Waals surface area contributed by atoms with Crippen molar-refractivity contribution >= 4 is 12.3 Å². The van der Waals surface area contributed by atoms with E-state index in [1.165, 1.54) is 0 Å². The van der Waals surface area contributed by atoms with Crippen molar-refractivity contribution in [2.75, 3.05) is 0 Å². The highest BCUT2D eigenvalue weighted by Crippen LogP contribution is 2.29. The first-order chi connectivity index (χ1) is 9.49. The molecule has 0 fully saturated rings. The van der Waals surface area contributed by atoms with Crippen LogP contribution in [0.5, 0.6) is 0 Å². The number of amides is 1. The average molecular weight is 306 g/mol. The third kappa shape index (κ3) is 5.80. The fourth-order valence-corrected chi connectivity index (χ4v) is 1.26. The highest BCUT2D eigenvalue weighted by molar-refractivity contribution is 5.81. The van der Waals surface area contributed by atoms with Gasteiger partial charge in [-0.1, -0.05) is 0 Å². The summed E-state index contributed by atoms with van der Waals surface area (Å²) in [7, 11) is 0. The molecule has 1 aromatic rings. The quantitative estimate of drug-likeness (QED) is 0.514. The second kappa shape index (κ2) is 6.11. The fourth-order valence-electron chi connectivity index (χ4n) is 1.26. The van der Waals surface area contributed by atoms with Crippen LogP contribution >= 0.6 is 0 Å². The van der Waals surface area contributed by atoms with Gasteiger partial charge < -0.3 is 4.74 Å². The average Bonchev–Trinajstić information content (AvgIpc) is 2.27. The number of benzene rings is 1. The Balaban J connectivity index is 2.72. The number of nitrogens with zero attached hydrogens (tertiary/aromatic N) is 1. The highest BCUT2D eigenvalue weighted by Gasteiger charge is 2.31. The van der Waals surface area contributed by atoms with Crippen molar-refractivity contribution in [1.82, 2.24) is 5.43 Å². The lowest BCUT2D eigenvalue weighted by Crippen LogP contribution is -2.29. The van der Waals surface area contributed by atoms with E-state index in [0.717, 1.165) is 18.3 Å². The maximum atomic E-state index is 13.4. The Morgan fingerprint density at radius 3 is 2.38 bits per heavy atom. The molecule has 0 spiro atoms. The van der Waals surface area contributed by atoms with E-state index in [1.54, 1.807) is 20.8 Å². The maximum Gasteiger partial charge on any atom is 0.428 e. The second-order valence-electron chi connectivity index (χ2n) is 5.11. The molecule has 0 aromatic heterocycles. The van der Waals surface area contributed by atoms with Crippen LogP contribution in [0.3, 0.4) is 0 Å². The van der Waals surface area contributed by atoms with E-state index in [4.69, 9.17) is 4.74 Å². The molecule has 0 saturated heterocycles. The number of alkyl halides is 3. The number of nitrogens with one attached hydrogen (secondary N) is 1. The summed E-state index contributed by atoms with van der Waals surface area (Å²) in [4.78, 5) is 11.2. The Bertz CT molecular complexity index is 548. The van der Waals surface area contributed by atoms with E-state index >= 15 is 0 Å². The fraction of sp³-hybridized carbons (Fsp3) is 0.385. The lowest BCUT2D eigenvalue weighted by molar-refractivity contribution is -0.137. The molecule has 0 aliphatic carbocycles. The normalized spacial score (nSPS) is 12.5. The molecule has 4 nitrogen and oxygen atoms in total. The van der Waals surface area contributed by atoms with Crippen LogP contribution in [0.1, 0.15) is 31.9 Å². The SMILES string of the molecule is CC(C)(C)OC(=O)NN=Cc1ccc(C(F)(F)F)cc1F. The van der Waals surface area contributed by atoms with Crippen LogP contribution in [0.25, 0.3) is 0 Å². The lowest BCUT2D eigenvalue weighted by Gasteiger charge is -2.18. The zero-order valence-electron chi connectivity index (χ0n) is 11.6. The Hall–Kier alpha value is -2.12. The topological polar surface area (TPSA) is 50.7 Å². The van der Waals surface area contributed by atoms with Gasteiger partial charge in [0, 0.05) is 5.56 Å². The summed E-state index contributed by atoms with van der Waals surface area (Å²) in [5, 5.41) is 3.41. The Morgan fingerprint density at radius 1 is 1.29 bits per heavy atom. The molecule has 0 aliphatic rings. The Labute approximate surface area is 118 Å². The van der Waals surface area contributed by atoms with Crippen molar-refractivity contribution in [2.24, 2.45) is 5.10 Å². The van der Waals surface area contributed by atoms with E-state index in [9.17, 15) is 22.4 Å². The number of hydrazone groups is 1. The molecule has 8 heteroatoms. The summed E-state index contributed by atoms with van der Waals surface area (Å²) < 4.78 is 55.3. The first-order valence-corrected chi connectivity index (χ1v) is 5.88. The molecule has 1 N–H and O–H groups in total. The van der Waals surface area contributed by atoms with Gasteiger partial charge in [-0.25, -0.2) is 14.6 Å². The third-order valence-electron chi connectivity index (χ3n) is 2.09. The highest BCUT2D eigenvalue weighted by atomic mass is 19.4. The van der Waals surface area contributed by atoms with Gasteiger partial charge in [-0.3, -0.25) is 0 Å². The summed E-state index contributed by atoms with van der Waals surface area (Å²) in [5.74, 6) is -1.10. The van der Waals surface area contributed by atoms with Crippen molar-refractivity contribution < 1.29 is 27.1 Å². The summed E-state index contributed by atoms with van der Waals surface area (Å²) in [6.45, 7) is 4.93. The van der Waals surface area contributed by atoms with Crippen LogP contribution < -0.4 is 5.43 Å². The third-order valence-corrected chi connectivity index (χ3v) is 2.09. The van der Waals surface area contributed by atoms with Crippen LogP contribution in [0.15, 0.2) is 23.3 Å². The smallest absolute Gasteiger partial charge is 0.428 e. The Kier molecular flexibility index (Phi) is 4.93. The van der Waals surface area contributed by atoms with Crippen LogP contribution in [-0.2, 0) is 10.9 Å². The summed E-state index contributed by atoms with van der Waals surface area (Å²) in [6.07, 6.45) is -4.59. The molecule has 0 atom stereocenters. The molecule has 1 aromatic carbocycles. The van der Waals surface area contributed by atoms with Crippen LogP contribution in [0, 0.1) is 5.82 Å². The van der Waals surface area contributed by atoms with E-state index in [-0.39, 0.29) is 5.56 Å². The maximum absolute atomic E-state index is 13.4. The first kappa shape index (κ1) is 16.9. The molecule has 1 rings (SSSR count). The zero-order chi connectivity index (χ0) is 16.3. The largest absolute Gasteiger partial charge is 0.443 e. The van der Waals surface area contributed by atoms with E-state index in [0.29, 0.717) is 6.07 Å². The summed E-state index contributed by atoms with van der Waals surface area (Å²) in [5.41, 5.74) is -0.0389. The van der Waals surface area contributed by atoms with Gasteiger partial charge in [-0.2, -0.15) is 18.3 Å². The number of hydrogen-bond donors (Lipinski definition) is 1. The van der Waals surface area contributed by atoms with Crippen LogP contribution in [0.2, 0.25) is 0 Å². The number of hydrogen-bond acceptors (Lipinski definition) is 3. The molecule has 0 saturated carbocycles. The van der Waals surface area contributed by atoms with Gasteiger partial charge in [0.2, 0.25) is 0 Å². The molecule has 0 radical (unpaired) electrons. The van der Waals surface area contributed by atoms with Gasteiger partial charge in [-0.05, 0) is 39.0 Å². The summed E-state index contributed by atoms with van der Waals surface area (Å²) >= 11 is 0. The number of carbonyl (C=O) groups excluding carboxylic acids is 1. The van der Waals surface area contributed by atoms with Crippen molar-refractivity contribution in [1.29, 1.82) is 0 Å². The minimum Gasteiger partial charge on any atom is -0.443 e. The van der Waals surface area contributed by atoms with Gasteiger partial charge >= 0.3 is 12.3 Å². The molecule has 1 amide bonds. The van der Waals surface area contributed by atoms with Crippen molar-refractivity contribution in [2.45, 2.75) is 32.5 Å². The van der Waals surface area contributed by atoms with Gasteiger partial charge in [0.15, 0.2) is 0 Å². The number of ether oxygens (including phenoxy) is 1. The predicted molar refractivity (Wildman–Crippen MR) is 68.4 cm³/mol. The molecule has 0 aliphatic heterocycles. The molecular formula is C13H14F4N2O2. The monoisotopic (exact) mass is 306 g/mol. The van der Waals surface area contributed by atoms with Crippen LogP contribution in [-0.4, -0.2) is 17.9 Å².